The van der Waals surface area contributed by atoms with Gasteiger partial charge in [-0.05, 0) is 19.1 Å². The van der Waals surface area contributed by atoms with E-state index >= 15 is 0 Å². The summed E-state index contributed by atoms with van der Waals surface area (Å²) >= 11 is 0. The molecule has 0 amide bonds. The van der Waals surface area contributed by atoms with Crippen molar-refractivity contribution in [1.29, 1.82) is 0 Å². The molecule has 0 bridgehead atoms. The van der Waals surface area contributed by atoms with Gasteiger partial charge in [0.15, 0.2) is 0 Å². The molecule has 82 valence electrons. The van der Waals surface area contributed by atoms with E-state index in [9.17, 15) is 14.0 Å². The van der Waals surface area contributed by atoms with Gasteiger partial charge in [-0.2, -0.15) is 0 Å². The normalized spacial score (nSPS) is 10.4. The molecule has 1 aromatic carbocycles. The molecule has 0 aliphatic carbocycles. The Morgan fingerprint density at radius 2 is 1.81 bits per heavy atom. The van der Waals surface area contributed by atoms with Crippen molar-refractivity contribution < 1.29 is 4.39 Å². The molecule has 5 heteroatoms. The minimum absolute atomic E-state index is 0.211. The molecule has 2 aromatic rings. The number of nitrogens with one attached hydrogen (secondary N) is 2. The van der Waals surface area contributed by atoms with Crippen LogP contribution >= 0.6 is 0 Å². The molecule has 2 rings (SSSR count). The average Bonchev–Trinajstić information content (AvgIpc) is 2.24. The highest BCUT2D eigenvalue weighted by Gasteiger charge is 2.10. The van der Waals surface area contributed by atoms with Crippen molar-refractivity contribution in [3.05, 3.63) is 56.5 Å². The minimum atomic E-state index is -0.645. The SMILES string of the molecule is Cc1c(-c2ccccc2F)[nH]c(=O)[nH]c1=O. The van der Waals surface area contributed by atoms with E-state index in [-0.39, 0.29) is 16.8 Å². The molecule has 0 aliphatic heterocycles. The fourth-order valence-electron chi connectivity index (χ4n) is 1.48. The molecule has 0 unspecified atom stereocenters. The number of aromatic amines is 2. The second kappa shape index (κ2) is 3.77. The Morgan fingerprint density at radius 3 is 2.50 bits per heavy atom. The highest BCUT2D eigenvalue weighted by Crippen LogP contribution is 2.20. The summed E-state index contributed by atoms with van der Waals surface area (Å²) in [5.41, 5.74) is -0.449. The van der Waals surface area contributed by atoms with Gasteiger partial charge in [0.25, 0.3) is 5.56 Å². The molecule has 1 heterocycles. The highest BCUT2D eigenvalue weighted by molar-refractivity contribution is 5.62. The third-order valence-corrected chi connectivity index (χ3v) is 2.32. The van der Waals surface area contributed by atoms with Crippen LogP contribution in [0.15, 0.2) is 33.9 Å². The second-order valence-electron chi connectivity index (χ2n) is 3.39. The molecular weight excluding hydrogens is 211 g/mol. The number of hydrogen-bond acceptors (Lipinski definition) is 2. The van der Waals surface area contributed by atoms with Crippen LogP contribution in [0.4, 0.5) is 4.39 Å². The topological polar surface area (TPSA) is 65.7 Å². The number of rotatable bonds is 1. The lowest BCUT2D eigenvalue weighted by atomic mass is 10.1. The number of halogens is 1. The summed E-state index contributed by atoms with van der Waals surface area (Å²) in [7, 11) is 0. The van der Waals surface area contributed by atoms with Gasteiger partial charge in [0.2, 0.25) is 0 Å². The van der Waals surface area contributed by atoms with Gasteiger partial charge in [-0.15, -0.1) is 0 Å². The van der Waals surface area contributed by atoms with E-state index in [1.807, 2.05) is 0 Å². The van der Waals surface area contributed by atoms with Crippen molar-refractivity contribution >= 4 is 0 Å². The molecule has 0 spiro atoms. The van der Waals surface area contributed by atoms with Gasteiger partial charge in [-0.25, -0.2) is 9.18 Å². The maximum absolute atomic E-state index is 13.5. The third kappa shape index (κ3) is 1.67. The van der Waals surface area contributed by atoms with Crippen LogP contribution in [0.25, 0.3) is 11.3 Å². The molecule has 0 atom stereocenters. The standard InChI is InChI=1S/C11H9FN2O2/c1-6-9(13-11(16)14-10(6)15)7-4-2-3-5-8(7)12/h2-5H,1H3,(H2,13,14,15,16). The van der Waals surface area contributed by atoms with Crippen LogP contribution in [0.2, 0.25) is 0 Å². The summed E-state index contributed by atoms with van der Waals surface area (Å²) < 4.78 is 13.5. The van der Waals surface area contributed by atoms with Crippen molar-refractivity contribution in [1.82, 2.24) is 9.97 Å². The van der Waals surface area contributed by atoms with Crippen LogP contribution in [0.5, 0.6) is 0 Å². The lowest BCUT2D eigenvalue weighted by Gasteiger charge is -2.05. The number of hydrogen-bond donors (Lipinski definition) is 2. The van der Waals surface area contributed by atoms with Crippen LogP contribution < -0.4 is 11.2 Å². The van der Waals surface area contributed by atoms with E-state index in [1.54, 1.807) is 12.1 Å². The molecule has 0 radical (unpaired) electrons. The number of H-pyrrole nitrogens is 2. The second-order valence-corrected chi connectivity index (χ2v) is 3.39. The van der Waals surface area contributed by atoms with Gasteiger partial charge in [0.05, 0.1) is 5.69 Å². The van der Waals surface area contributed by atoms with Crippen LogP contribution in [0.1, 0.15) is 5.56 Å². The number of benzene rings is 1. The Balaban J connectivity index is 2.80. The minimum Gasteiger partial charge on any atom is -0.306 e. The summed E-state index contributed by atoms with van der Waals surface area (Å²) in [5, 5.41) is 0. The van der Waals surface area contributed by atoms with Crippen molar-refractivity contribution in [2.75, 3.05) is 0 Å². The van der Waals surface area contributed by atoms with Crippen molar-refractivity contribution in [2.24, 2.45) is 0 Å². The molecule has 4 nitrogen and oxygen atoms in total. The quantitative estimate of drug-likeness (QED) is 0.757. The molecule has 1 aromatic heterocycles. The largest absolute Gasteiger partial charge is 0.326 e. The fraction of sp³-hybridized carbons (Fsp3) is 0.0909. The lowest BCUT2D eigenvalue weighted by molar-refractivity contribution is 0.630. The van der Waals surface area contributed by atoms with Gasteiger partial charge in [0.1, 0.15) is 5.82 Å². The molecule has 0 saturated carbocycles. The summed E-state index contributed by atoms with van der Waals surface area (Å²) in [6.07, 6.45) is 0. The maximum Gasteiger partial charge on any atom is 0.326 e. The monoisotopic (exact) mass is 220 g/mol. The zero-order valence-electron chi connectivity index (χ0n) is 8.50. The molecule has 0 saturated heterocycles. The maximum atomic E-state index is 13.5. The van der Waals surface area contributed by atoms with Crippen molar-refractivity contribution in [3.63, 3.8) is 0 Å². The Morgan fingerprint density at radius 1 is 1.12 bits per heavy atom. The molecule has 0 aliphatic rings. The van der Waals surface area contributed by atoms with Crippen LogP contribution in [-0.4, -0.2) is 9.97 Å². The molecule has 2 N–H and O–H groups in total. The van der Waals surface area contributed by atoms with E-state index in [2.05, 4.69) is 9.97 Å². The summed E-state index contributed by atoms with van der Waals surface area (Å²) in [4.78, 5) is 27.0. The van der Waals surface area contributed by atoms with E-state index in [0.29, 0.717) is 0 Å². The van der Waals surface area contributed by atoms with Crippen molar-refractivity contribution in [2.45, 2.75) is 6.92 Å². The van der Waals surface area contributed by atoms with Gasteiger partial charge < -0.3 is 4.98 Å². The van der Waals surface area contributed by atoms with E-state index in [4.69, 9.17) is 0 Å². The summed E-state index contributed by atoms with van der Waals surface area (Å²) in [5.74, 6) is -0.480. The Bertz CT molecular complexity index is 643. The predicted octanol–water partition coefficient (Wildman–Crippen LogP) is 1.18. The van der Waals surface area contributed by atoms with Gasteiger partial charge in [-0.3, -0.25) is 9.78 Å². The third-order valence-electron chi connectivity index (χ3n) is 2.32. The Labute approximate surface area is 89.8 Å². The molecule has 0 fully saturated rings. The first-order valence-electron chi connectivity index (χ1n) is 4.67. The first-order valence-corrected chi connectivity index (χ1v) is 4.67. The Hall–Kier alpha value is -2.17. The van der Waals surface area contributed by atoms with Crippen LogP contribution in [0, 0.1) is 12.7 Å². The smallest absolute Gasteiger partial charge is 0.306 e. The first-order chi connectivity index (χ1) is 7.59. The number of aromatic nitrogens is 2. The van der Waals surface area contributed by atoms with Gasteiger partial charge in [-0.1, -0.05) is 12.1 Å². The van der Waals surface area contributed by atoms with E-state index in [0.717, 1.165) is 0 Å². The highest BCUT2D eigenvalue weighted by atomic mass is 19.1. The first kappa shape index (κ1) is 10.4. The summed E-state index contributed by atoms with van der Waals surface area (Å²) in [6, 6.07) is 5.96. The zero-order valence-corrected chi connectivity index (χ0v) is 8.50. The van der Waals surface area contributed by atoms with Crippen molar-refractivity contribution in [3.8, 4) is 11.3 Å². The fourth-order valence-corrected chi connectivity index (χ4v) is 1.48. The van der Waals surface area contributed by atoms with Crippen LogP contribution in [-0.2, 0) is 0 Å². The molecular formula is C11H9FN2O2. The molecule has 16 heavy (non-hydrogen) atoms. The van der Waals surface area contributed by atoms with Gasteiger partial charge >= 0.3 is 5.69 Å². The lowest BCUT2D eigenvalue weighted by Crippen LogP contribution is -2.25. The average molecular weight is 220 g/mol. The van der Waals surface area contributed by atoms with E-state index in [1.165, 1.54) is 19.1 Å². The Kier molecular flexibility index (Phi) is 2.44. The van der Waals surface area contributed by atoms with E-state index < -0.39 is 17.1 Å². The van der Waals surface area contributed by atoms with Gasteiger partial charge in [0, 0.05) is 11.1 Å². The zero-order chi connectivity index (χ0) is 11.7. The van der Waals surface area contributed by atoms with Crippen LogP contribution in [0.3, 0.4) is 0 Å². The predicted molar refractivity (Wildman–Crippen MR) is 57.8 cm³/mol. The summed E-state index contributed by atoms with van der Waals surface area (Å²) in [6.45, 7) is 1.52.